The molecular formula is C15H19BrO2. The smallest absolute Gasteiger partial charge is 0.122 e. The van der Waals surface area contributed by atoms with Gasteiger partial charge in [0.1, 0.15) is 5.75 Å². The summed E-state index contributed by atoms with van der Waals surface area (Å²) in [6.45, 7) is 1.79. The molecule has 2 heterocycles. The van der Waals surface area contributed by atoms with E-state index in [1.165, 1.54) is 24.0 Å². The summed E-state index contributed by atoms with van der Waals surface area (Å²) in [6.07, 6.45) is 6.19. The number of aryl methyl sites for hydroxylation is 1. The zero-order valence-corrected chi connectivity index (χ0v) is 12.1. The Morgan fingerprint density at radius 3 is 3.06 bits per heavy atom. The molecule has 98 valence electrons. The van der Waals surface area contributed by atoms with Crippen molar-refractivity contribution in [3.05, 3.63) is 29.3 Å². The van der Waals surface area contributed by atoms with Crippen molar-refractivity contribution in [2.45, 2.75) is 43.0 Å². The SMILES string of the molecule is BrC(CC1CCCO1)c1ccc2c(c1)CCCO2. The van der Waals surface area contributed by atoms with Crippen LogP contribution in [0.5, 0.6) is 5.75 Å². The van der Waals surface area contributed by atoms with Crippen LogP contribution in [0.25, 0.3) is 0 Å². The molecule has 0 saturated carbocycles. The fourth-order valence-electron chi connectivity index (χ4n) is 2.77. The summed E-state index contributed by atoms with van der Waals surface area (Å²) >= 11 is 3.80. The van der Waals surface area contributed by atoms with Crippen molar-refractivity contribution in [3.8, 4) is 5.75 Å². The third-order valence-corrected chi connectivity index (χ3v) is 4.69. The molecule has 0 spiro atoms. The topological polar surface area (TPSA) is 18.5 Å². The van der Waals surface area contributed by atoms with E-state index < -0.39 is 0 Å². The fraction of sp³-hybridized carbons (Fsp3) is 0.600. The van der Waals surface area contributed by atoms with Gasteiger partial charge in [-0.1, -0.05) is 28.1 Å². The molecule has 2 aliphatic heterocycles. The van der Waals surface area contributed by atoms with Crippen LogP contribution in [0.3, 0.4) is 0 Å². The van der Waals surface area contributed by atoms with Gasteiger partial charge in [0.25, 0.3) is 0 Å². The van der Waals surface area contributed by atoms with Crippen molar-refractivity contribution >= 4 is 15.9 Å². The Bertz CT molecular complexity index is 413. The minimum Gasteiger partial charge on any atom is -0.493 e. The van der Waals surface area contributed by atoms with E-state index in [0.717, 1.165) is 38.2 Å². The maximum absolute atomic E-state index is 5.70. The van der Waals surface area contributed by atoms with E-state index >= 15 is 0 Å². The molecule has 0 aliphatic carbocycles. The van der Waals surface area contributed by atoms with Crippen LogP contribution in [0, 0.1) is 0 Å². The average Bonchev–Trinajstić information content (AvgIpc) is 2.91. The largest absolute Gasteiger partial charge is 0.493 e. The van der Waals surface area contributed by atoms with Gasteiger partial charge in [0.15, 0.2) is 0 Å². The molecule has 2 unspecified atom stereocenters. The molecule has 0 amide bonds. The van der Waals surface area contributed by atoms with Gasteiger partial charge < -0.3 is 9.47 Å². The number of halogens is 1. The quantitative estimate of drug-likeness (QED) is 0.785. The van der Waals surface area contributed by atoms with E-state index in [2.05, 4.69) is 34.1 Å². The highest BCUT2D eigenvalue weighted by Gasteiger charge is 2.21. The Kier molecular flexibility index (Phi) is 3.90. The van der Waals surface area contributed by atoms with Crippen LogP contribution in [-0.4, -0.2) is 19.3 Å². The van der Waals surface area contributed by atoms with Gasteiger partial charge in [-0.25, -0.2) is 0 Å². The number of ether oxygens (including phenoxy) is 2. The third kappa shape index (κ3) is 2.72. The van der Waals surface area contributed by atoms with Crippen molar-refractivity contribution in [1.29, 1.82) is 0 Å². The predicted octanol–water partition coefficient (Wildman–Crippen LogP) is 4.02. The number of alkyl halides is 1. The lowest BCUT2D eigenvalue weighted by Gasteiger charge is -2.20. The van der Waals surface area contributed by atoms with Crippen LogP contribution in [0.2, 0.25) is 0 Å². The lowest BCUT2D eigenvalue weighted by Crippen LogP contribution is -2.10. The van der Waals surface area contributed by atoms with Crippen LogP contribution in [0.1, 0.15) is 41.6 Å². The predicted molar refractivity (Wildman–Crippen MR) is 75.5 cm³/mol. The third-order valence-electron chi connectivity index (χ3n) is 3.79. The first kappa shape index (κ1) is 12.5. The summed E-state index contributed by atoms with van der Waals surface area (Å²) < 4.78 is 11.4. The molecule has 0 bridgehead atoms. The Labute approximate surface area is 117 Å². The summed E-state index contributed by atoms with van der Waals surface area (Å²) in [5, 5.41) is 0. The minimum absolute atomic E-state index is 0.396. The number of rotatable bonds is 3. The van der Waals surface area contributed by atoms with Crippen molar-refractivity contribution in [1.82, 2.24) is 0 Å². The van der Waals surface area contributed by atoms with Gasteiger partial charge in [0, 0.05) is 11.4 Å². The van der Waals surface area contributed by atoms with E-state index in [1.54, 1.807) is 0 Å². The molecule has 0 radical (unpaired) electrons. The molecule has 2 aliphatic rings. The molecular weight excluding hydrogens is 292 g/mol. The van der Waals surface area contributed by atoms with Crippen LogP contribution in [0.4, 0.5) is 0 Å². The Morgan fingerprint density at radius 1 is 1.28 bits per heavy atom. The second-order valence-corrected chi connectivity index (χ2v) is 6.26. The molecule has 0 N–H and O–H groups in total. The Hall–Kier alpha value is -0.540. The first-order valence-electron chi connectivity index (χ1n) is 6.84. The molecule has 1 saturated heterocycles. The fourth-order valence-corrected chi connectivity index (χ4v) is 3.47. The molecule has 1 aromatic rings. The molecule has 18 heavy (non-hydrogen) atoms. The average molecular weight is 311 g/mol. The molecule has 1 aromatic carbocycles. The summed E-state index contributed by atoms with van der Waals surface area (Å²) in [7, 11) is 0. The normalized spacial score (nSPS) is 24.4. The van der Waals surface area contributed by atoms with Gasteiger partial charge in [0.05, 0.1) is 12.7 Å². The summed E-state index contributed by atoms with van der Waals surface area (Å²) in [5.41, 5.74) is 2.71. The maximum atomic E-state index is 5.70. The van der Waals surface area contributed by atoms with E-state index in [0.29, 0.717) is 10.9 Å². The van der Waals surface area contributed by atoms with Gasteiger partial charge >= 0.3 is 0 Å². The highest BCUT2D eigenvalue weighted by molar-refractivity contribution is 9.09. The summed E-state index contributed by atoms with van der Waals surface area (Å²) in [6, 6.07) is 6.59. The van der Waals surface area contributed by atoms with Crippen LogP contribution < -0.4 is 4.74 Å². The minimum atomic E-state index is 0.396. The van der Waals surface area contributed by atoms with Gasteiger partial charge in [-0.15, -0.1) is 0 Å². The Balaban J connectivity index is 1.70. The monoisotopic (exact) mass is 310 g/mol. The highest BCUT2D eigenvalue weighted by atomic mass is 79.9. The van der Waals surface area contributed by atoms with Crippen LogP contribution in [-0.2, 0) is 11.2 Å². The zero-order valence-electron chi connectivity index (χ0n) is 10.5. The second-order valence-electron chi connectivity index (χ2n) is 5.16. The maximum Gasteiger partial charge on any atom is 0.122 e. The van der Waals surface area contributed by atoms with Crippen LogP contribution >= 0.6 is 15.9 Å². The number of hydrogen-bond donors (Lipinski definition) is 0. The second kappa shape index (κ2) is 5.62. The lowest BCUT2D eigenvalue weighted by atomic mass is 9.99. The van der Waals surface area contributed by atoms with E-state index in [4.69, 9.17) is 9.47 Å². The van der Waals surface area contributed by atoms with Gasteiger partial charge in [-0.05, 0) is 49.3 Å². The number of fused-ring (bicyclic) bond motifs is 1. The number of hydrogen-bond acceptors (Lipinski definition) is 2. The van der Waals surface area contributed by atoms with Gasteiger partial charge in [-0.3, -0.25) is 0 Å². The van der Waals surface area contributed by atoms with Gasteiger partial charge in [0.2, 0.25) is 0 Å². The first-order valence-corrected chi connectivity index (χ1v) is 7.76. The lowest BCUT2D eigenvalue weighted by molar-refractivity contribution is 0.104. The van der Waals surface area contributed by atoms with E-state index in [-0.39, 0.29) is 0 Å². The molecule has 0 aromatic heterocycles. The van der Waals surface area contributed by atoms with Crippen molar-refractivity contribution in [2.75, 3.05) is 13.2 Å². The highest BCUT2D eigenvalue weighted by Crippen LogP contribution is 2.35. The molecule has 2 atom stereocenters. The van der Waals surface area contributed by atoms with Gasteiger partial charge in [-0.2, -0.15) is 0 Å². The summed E-state index contributed by atoms with van der Waals surface area (Å²) in [5.74, 6) is 1.07. The molecule has 3 rings (SSSR count). The molecule has 3 heteroatoms. The van der Waals surface area contributed by atoms with Crippen molar-refractivity contribution in [2.24, 2.45) is 0 Å². The standard InChI is InChI=1S/C15H19BrO2/c16-14(10-13-4-2-7-17-13)11-5-6-15-12(9-11)3-1-8-18-15/h5-6,9,13-14H,1-4,7-8,10H2. The number of benzene rings is 1. The molecule has 2 nitrogen and oxygen atoms in total. The zero-order chi connectivity index (χ0) is 12.4. The van der Waals surface area contributed by atoms with E-state index in [9.17, 15) is 0 Å². The Morgan fingerprint density at radius 2 is 2.22 bits per heavy atom. The van der Waals surface area contributed by atoms with Crippen molar-refractivity contribution in [3.63, 3.8) is 0 Å². The van der Waals surface area contributed by atoms with E-state index in [1.807, 2.05) is 0 Å². The first-order chi connectivity index (χ1) is 8.83. The van der Waals surface area contributed by atoms with Crippen LogP contribution in [0.15, 0.2) is 18.2 Å². The summed E-state index contributed by atoms with van der Waals surface area (Å²) in [4.78, 5) is 0.396. The van der Waals surface area contributed by atoms with Crippen molar-refractivity contribution < 1.29 is 9.47 Å². The molecule has 1 fully saturated rings.